The van der Waals surface area contributed by atoms with Gasteiger partial charge in [-0.3, -0.25) is 4.90 Å². The van der Waals surface area contributed by atoms with Crippen molar-refractivity contribution in [1.29, 1.82) is 0 Å². The van der Waals surface area contributed by atoms with E-state index in [2.05, 4.69) is 20.0 Å². The van der Waals surface area contributed by atoms with Crippen LogP contribution in [0.2, 0.25) is 0 Å². The van der Waals surface area contributed by atoms with E-state index in [1.165, 1.54) is 19.2 Å². The summed E-state index contributed by atoms with van der Waals surface area (Å²) in [5.41, 5.74) is 2.63. The second-order valence-corrected chi connectivity index (χ2v) is 5.08. The first-order valence-corrected chi connectivity index (χ1v) is 6.85. The second-order valence-electron chi connectivity index (χ2n) is 5.08. The largest absolute Gasteiger partial charge is 0.439 e. The van der Waals surface area contributed by atoms with Crippen molar-refractivity contribution in [3.8, 4) is 5.69 Å². The van der Waals surface area contributed by atoms with Crippen molar-refractivity contribution in [2.24, 2.45) is 0 Å². The van der Waals surface area contributed by atoms with Gasteiger partial charge in [-0.15, -0.1) is 0 Å². The number of oxazole rings is 1. The van der Waals surface area contributed by atoms with Gasteiger partial charge in [0.1, 0.15) is 18.2 Å². The molecule has 1 aromatic carbocycles. The van der Waals surface area contributed by atoms with Crippen LogP contribution in [-0.4, -0.2) is 37.7 Å². The highest BCUT2D eigenvalue weighted by Gasteiger charge is 2.15. The van der Waals surface area contributed by atoms with Crippen LogP contribution in [0.1, 0.15) is 18.7 Å². The Morgan fingerprint density at radius 2 is 2.10 bits per heavy atom. The Morgan fingerprint density at radius 3 is 2.90 bits per heavy atom. The Bertz CT molecular complexity index is 712. The molecule has 0 unspecified atom stereocenters. The predicted molar refractivity (Wildman–Crippen MR) is 73.4 cm³/mol. The lowest BCUT2D eigenvalue weighted by molar-refractivity contribution is 0.295. The van der Waals surface area contributed by atoms with Gasteiger partial charge >= 0.3 is 0 Å². The average Bonchev–Trinajstić information content (AvgIpc) is 3.19. The van der Waals surface area contributed by atoms with Crippen molar-refractivity contribution in [3.05, 3.63) is 36.7 Å². The first-order chi connectivity index (χ1) is 9.88. The van der Waals surface area contributed by atoms with Gasteiger partial charge in [0.25, 0.3) is 0 Å². The molecule has 0 atom stereocenters. The molecular formula is C14H15N5O. The smallest absolute Gasteiger partial charge is 0.209 e. The predicted octanol–water partition coefficient (Wildman–Crippen LogP) is 2.00. The lowest BCUT2D eigenvalue weighted by atomic mass is 10.3. The van der Waals surface area contributed by atoms with Crippen molar-refractivity contribution in [2.75, 3.05) is 13.1 Å². The number of aromatic nitrogens is 4. The summed E-state index contributed by atoms with van der Waals surface area (Å²) in [6.07, 6.45) is 5.74. The molecule has 102 valence electrons. The number of benzene rings is 1. The summed E-state index contributed by atoms with van der Waals surface area (Å²) in [6, 6.07) is 5.87. The summed E-state index contributed by atoms with van der Waals surface area (Å²) < 4.78 is 7.52. The molecule has 0 saturated carbocycles. The van der Waals surface area contributed by atoms with Gasteiger partial charge in [-0.25, -0.2) is 14.6 Å². The molecule has 20 heavy (non-hydrogen) atoms. The molecule has 1 aliphatic rings. The zero-order chi connectivity index (χ0) is 13.4. The monoisotopic (exact) mass is 269 g/mol. The lowest BCUT2D eigenvalue weighted by Gasteiger charge is -2.10. The molecule has 4 rings (SSSR count). The third-order valence-electron chi connectivity index (χ3n) is 3.66. The van der Waals surface area contributed by atoms with Gasteiger partial charge in [-0.2, -0.15) is 5.10 Å². The minimum atomic E-state index is 0.789. The first kappa shape index (κ1) is 11.6. The quantitative estimate of drug-likeness (QED) is 0.728. The number of hydrogen-bond acceptors (Lipinski definition) is 5. The summed E-state index contributed by atoms with van der Waals surface area (Å²) in [5.74, 6) is 0.789. The van der Waals surface area contributed by atoms with Crippen molar-refractivity contribution >= 4 is 11.1 Å². The Labute approximate surface area is 116 Å². The third kappa shape index (κ3) is 2.08. The van der Waals surface area contributed by atoms with Crippen LogP contribution in [0.5, 0.6) is 0 Å². The SMILES string of the molecule is c1ncn(-c2ccc3oc(CN4CCCC4)nc3c2)n1. The van der Waals surface area contributed by atoms with E-state index in [9.17, 15) is 0 Å². The topological polar surface area (TPSA) is 60.0 Å². The molecule has 0 N–H and O–H groups in total. The van der Waals surface area contributed by atoms with Crippen molar-refractivity contribution in [2.45, 2.75) is 19.4 Å². The van der Waals surface area contributed by atoms with Crippen LogP contribution in [0.4, 0.5) is 0 Å². The highest BCUT2D eigenvalue weighted by atomic mass is 16.3. The van der Waals surface area contributed by atoms with Crippen LogP contribution in [0, 0.1) is 0 Å². The molecule has 0 radical (unpaired) electrons. The molecule has 0 bridgehead atoms. The van der Waals surface area contributed by atoms with E-state index >= 15 is 0 Å². The van der Waals surface area contributed by atoms with E-state index in [0.717, 1.165) is 42.3 Å². The molecule has 1 saturated heterocycles. The molecule has 6 nitrogen and oxygen atoms in total. The molecule has 1 aliphatic heterocycles. The van der Waals surface area contributed by atoms with Crippen LogP contribution in [-0.2, 0) is 6.54 Å². The van der Waals surface area contributed by atoms with Gasteiger partial charge in [-0.1, -0.05) is 0 Å². The maximum Gasteiger partial charge on any atom is 0.209 e. The first-order valence-electron chi connectivity index (χ1n) is 6.85. The summed E-state index contributed by atoms with van der Waals surface area (Å²) >= 11 is 0. The fourth-order valence-electron chi connectivity index (χ4n) is 2.65. The summed E-state index contributed by atoms with van der Waals surface area (Å²) in [4.78, 5) is 10.9. The minimum Gasteiger partial charge on any atom is -0.439 e. The van der Waals surface area contributed by atoms with Gasteiger partial charge in [0, 0.05) is 0 Å². The molecule has 2 aromatic heterocycles. The Kier molecular flexibility index (Phi) is 2.74. The van der Waals surface area contributed by atoms with Crippen LogP contribution in [0.25, 0.3) is 16.8 Å². The Balaban J connectivity index is 1.65. The fourth-order valence-corrected chi connectivity index (χ4v) is 2.65. The summed E-state index contributed by atoms with van der Waals surface area (Å²) in [7, 11) is 0. The van der Waals surface area contributed by atoms with Crippen molar-refractivity contribution < 1.29 is 4.42 Å². The molecule has 0 amide bonds. The van der Waals surface area contributed by atoms with Gasteiger partial charge in [0.05, 0.1) is 12.2 Å². The number of hydrogen-bond donors (Lipinski definition) is 0. The van der Waals surface area contributed by atoms with E-state index in [1.54, 1.807) is 11.0 Å². The van der Waals surface area contributed by atoms with Crippen LogP contribution >= 0.6 is 0 Å². The van der Waals surface area contributed by atoms with Crippen LogP contribution in [0.15, 0.2) is 35.3 Å². The van der Waals surface area contributed by atoms with Crippen LogP contribution in [0.3, 0.4) is 0 Å². The van der Waals surface area contributed by atoms with Gasteiger partial charge in [0.15, 0.2) is 5.58 Å². The van der Waals surface area contributed by atoms with E-state index in [4.69, 9.17) is 4.42 Å². The number of rotatable bonds is 3. The third-order valence-corrected chi connectivity index (χ3v) is 3.66. The zero-order valence-electron chi connectivity index (χ0n) is 11.1. The molecule has 3 heterocycles. The van der Waals surface area contributed by atoms with E-state index < -0.39 is 0 Å². The highest BCUT2D eigenvalue weighted by molar-refractivity contribution is 5.75. The van der Waals surface area contributed by atoms with Crippen LogP contribution < -0.4 is 0 Å². The maximum absolute atomic E-state index is 5.80. The standard InChI is InChI=1S/C14H15N5O/c1-2-6-18(5-1)8-14-17-12-7-11(3-4-13(12)20-14)19-10-15-9-16-19/h3-4,7,9-10H,1-2,5-6,8H2. The summed E-state index contributed by atoms with van der Waals surface area (Å²) in [5, 5.41) is 4.12. The molecule has 1 fully saturated rings. The molecule has 0 spiro atoms. The molecule has 3 aromatic rings. The fraction of sp³-hybridized carbons (Fsp3) is 0.357. The molecule has 0 aliphatic carbocycles. The van der Waals surface area contributed by atoms with Gasteiger partial charge in [-0.05, 0) is 44.1 Å². The van der Waals surface area contributed by atoms with Crippen molar-refractivity contribution in [1.82, 2.24) is 24.6 Å². The highest BCUT2D eigenvalue weighted by Crippen LogP contribution is 2.21. The van der Waals surface area contributed by atoms with Gasteiger partial charge < -0.3 is 4.42 Å². The maximum atomic E-state index is 5.80. The minimum absolute atomic E-state index is 0.789. The number of fused-ring (bicyclic) bond motifs is 1. The number of nitrogens with zero attached hydrogens (tertiary/aromatic N) is 5. The zero-order valence-corrected chi connectivity index (χ0v) is 11.1. The second kappa shape index (κ2) is 4.72. The average molecular weight is 269 g/mol. The summed E-state index contributed by atoms with van der Waals surface area (Å²) in [6.45, 7) is 3.08. The van der Waals surface area contributed by atoms with Gasteiger partial charge in [0.2, 0.25) is 5.89 Å². The van der Waals surface area contributed by atoms with E-state index in [-0.39, 0.29) is 0 Å². The van der Waals surface area contributed by atoms with E-state index in [0.29, 0.717) is 0 Å². The Morgan fingerprint density at radius 1 is 1.20 bits per heavy atom. The number of likely N-dealkylation sites (tertiary alicyclic amines) is 1. The van der Waals surface area contributed by atoms with E-state index in [1.807, 2.05) is 18.2 Å². The van der Waals surface area contributed by atoms with Crippen molar-refractivity contribution in [3.63, 3.8) is 0 Å². The molecular weight excluding hydrogens is 254 g/mol. The molecule has 6 heteroatoms. The Hall–Kier alpha value is -2.21. The lowest BCUT2D eigenvalue weighted by Crippen LogP contribution is -2.18. The normalized spacial score (nSPS) is 16.2.